The lowest BCUT2D eigenvalue weighted by atomic mass is 10.0. The zero-order chi connectivity index (χ0) is 17.3. The zero-order valence-electron chi connectivity index (χ0n) is 14.7. The van der Waals surface area contributed by atoms with E-state index in [1.807, 2.05) is 37.4 Å². The van der Waals surface area contributed by atoms with Crippen LogP contribution in [0.4, 0.5) is 0 Å². The number of ether oxygens (including phenoxy) is 1. The summed E-state index contributed by atoms with van der Waals surface area (Å²) in [6.45, 7) is 4.42. The van der Waals surface area contributed by atoms with E-state index in [0.717, 1.165) is 22.8 Å². The van der Waals surface area contributed by atoms with Gasteiger partial charge in [0.2, 0.25) is 0 Å². The highest BCUT2D eigenvalue weighted by Gasteiger charge is 2.19. The number of fused-ring (bicyclic) bond motifs is 3. The molecule has 0 saturated heterocycles. The molecule has 0 aliphatic heterocycles. The molecule has 0 radical (unpaired) electrons. The third kappa shape index (κ3) is 2.89. The lowest BCUT2D eigenvalue weighted by Crippen LogP contribution is -2.26. The first-order chi connectivity index (χ1) is 11.5. The third-order valence-corrected chi connectivity index (χ3v) is 4.60. The standard InChI is InChI=1S/C20H24N2O2/c1-5-24-20(23)19-16-10-9-15(12-14(2)21(3)4)13-18(16)22-11-7-6-8-17(19)22/h6-11,13-14H,5,12H2,1-4H3. The summed E-state index contributed by atoms with van der Waals surface area (Å²) in [5.74, 6) is -0.259. The van der Waals surface area contributed by atoms with Crippen LogP contribution in [0, 0.1) is 0 Å². The van der Waals surface area contributed by atoms with Crippen LogP contribution in [-0.2, 0) is 11.2 Å². The van der Waals surface area contributed by atoms with Gasteiger partial charge in [-0.2, -0.15) is 0 Å². The molecule has 0 saturated carbocycles. The normalized spacial score (nSPS) is 12.9. The van der Waals surface area contributed by atoms with Gasteiger partial charge < -0.3 is 14.0 Å². The van der Waals surface area contributed by atoms with Crippen LogP contribution in [0.25, 0.3) is 16.4 Å². The minimum Gasteiger partial charge on any atom is -0.462 e. The largest absolute Gasteiger partial charge is 0.462 e. The van der Waals surface area contributed by atoms with E-state index in [9.17, 15) is 4.79 Å². The van der Waals surface area contributed by atoms with Crippen LogP contribution in [-0.4, -0.2) is 42.0 Å². The molecule has 0 amide bonds. The molecule has 0 bridgehead atoms. The summed E-state index contributed by atoms with van der Waals surface area (Å²) < 4.78 is 7.34. The molecule has 1 atom stereocenters. The fourth-order valence-corrected chi connectivity index (χ4v) is 3.05. The number of likely N-dealkylation sites (N-methyl/N-ethyl adjacent to an activating group) is 1. The summed E-state index contributed by atoms with van der Waals surface area (Å²) in [7, 11) is 4.18. The Morgan fingerprint density at radius 3 is 2.71 bits per heavy atom. The number of aromatic nitrogens is 1. The summed E-state index contributed by atoms with van der Waals surface area (Å²) in [6.07, 6.45) is 2.97. The molecular formula is C20H24N2O2. The van der Waals surface area contributed by atoms with Crippen molar-refractivity contribution in [2.75, 3.05) is 20.7 Å². The number of rotatable bonds is 5. The minimum absolute atomic E-state index is 0.259. The second-order valence-corrected chi connectivity index (χ2v) is 6.42. The van der Waals surface area contributed by atoms with E-state index < -0.39 is 0 Å². The van der Waals surface area contributed by atoms with Crippen molar-refractivity contribution in [1.29, 1.82) is 0 Å². The number of pyridine rings is 1. The Hall–Kier alpha value is -2.33. The van der Waals surface area contributed by atoms with Gasteiger partial charge in [0.25, 0.3) is 0 Å². The maximum Gasteiger partial charge on any atom is 0.340 e. The molecule has 0 N–H and O–H groups in total. The molecule has 24 heavy (non-hydrogen) atoms. The predicted octanol–water partition coefficient (Wildman–Crippen LogP) is 3.76. The van der Waals surface area contributed by atoms with Gasteiger partial charge in [0, 0.05) is 17.6 Å². The highest BCUT2D eigenvalue weighted by Crippen LogP contribution is 2.28. The number of nitrogens with zero attached hydrogens (tertiary/aromatic N) is 2. The van der Waals surface area contributed by atoms with E-state index in [4.69, 9.17) is 4.74 Å². The number of carbonyl (C=O) groups excluding carboxylic acids is 1. The Morgan fingerprint density at radius 1 is 1.21 bits per heavy atom. The molecule has 4 heteroatoms. The number of benzene rings is 1. The van der Waals surface area contributed by atoms with Crippen LogP contribution < -0.4 is 0 Å². The summed E-state index contributed by atoms with van der Waals surface area (Å²) in [6, 6.07) is 12.7. The molecular weight excluding hydrogens is 300 g/mol. The Bertz CT molecular complexity index is 880. The van der Waals surface area contributed by atoms with Gasteiger partial charge in [-0.05, 0) is 58.1 Å². The molecule has 2 aromatic heterocycles. The maximum absolute atomic E-state index is 12.4. The van der Waals surface area contributed by atoms with Crippen LogP contribution in [0.1, 0.15) is 29.8 Å². The molecule has 2 heterocycles. The molecule has 1 unspecified atom stereocenters. The average molecular weight is 324 g/mol. The molecule has 0 aliphatic carbocycles. The summed E-state index contributed by atoms with van der Waals surface area (Å²) in [5, 5.41) is 0.945. The van der Waals surface area contributed by atoms with Gasteiger partial charge in [-0.25, -0.2) is 4.79 Å². The topological polar surface area (TPSA) is 34.0 Å². The van der Waals surface area contributed by atoms with Crippen molar-refractivity contribution in [3.63, 3.8) is 0 Å². The monoisotopic (exact) mass is 324 g/mol. The second-order valence-electron chi connectivity index (χ2n) is 6.42. The first-order valence-electron chi connectivity index (χ1n) is 8.38. The van der Waals surface area contributed by atoms with Crippen molar-refractivity contribution in [2.24, 2.45) is 0 Å². The van der Waals surface area contributed by atoms with Gasteiger partial charge in [0.05, 0.1) is 23.2 Å². The van der Waals surface area contributed by atoms with Gasteiger partial charge in [0.15, 0.2) is 0 Å². The molecule has 3 rings (SSSR count). The Morgan fingerprint density at radius 2 is 2.00 bits per heavy atom. The Labute approximate surface area is 142 Å². The molecule has 0 fully saturated rings. The molecule has 4 nitrogen and oxygen atoms in total. The van der Waals surface area contributed by atoms with E-state index >= 15 is 0 Å². The lowest BCUT2D eigenvalue weighted by molar-refractivity contribution is 0.0531. The lowest BCUT2D eigenvalue weighted by Gasteiger charge is -2.19. The minimum atomic E-state index is -0.259. The van der Waals surface area contributed by atoms with Gasteiger partial charge in [-0.15, -0.1) is 0 Å². The van der Waals surface area contributed by atoms with Gasteiger partial charge in [0.1, 0.15) is 0 Å². The van der Waals surface area contributed by atoms with Crippen molar-refractivity contribution in [3.05, 3.63) is 53.7 Å². The molecule has 0 spiro atoms. The molecule has 126 valence electrons. The van der Waals surface area contributed by atoms with Crippen LogP contribution in [0.15, 0.2) is 42.6 Å². The van der Waals surface area contributed by atoms with Crippen LogP contribution in [0.2, 0.25) is 0 Å². The van der Waals surface area contributed by atoms with E-state index in [0.29, 0.717) is 18.2 Å². The third-order valence-electron chi connectivity index (χ3n) is 4.60. The summed E-state index contributed by atoms with van der Waals surface area (Å²) in [4.78, 5) is 14.7. The van der Waals surface area contributed by atoms with Crippen LogP contribution in [0.5, 0.6) is 0 Å². The van der Waals surface area contributed by atoms with Crippen molar-refractivity contribution in [3.8, 4) is 0 Å². The maximum atomic E-state index is 12.4. The van der Waals surface area contributed by atoms with Crippen molar-refractivity contribution >= 4 is 22.4 Å². The van der Waals surface area contributed by atoms with Crippen molar-refractivity contribution < 1.29 is 9.53 Å². The van der Waals surface area contributed by atoms with E-state index in [1.165, 1.54) is 5.56 Å². The first kappa shape index (κ1) is 16.5. The van der Waals surface area contributed by atoms with E-state index in [2.05, 4.69) is 42.5 Å². The smallest absolute Gasteiger partial charge is 0.340 e. The fraction of sp³-hybridized carbons (Fsp3) is 0.350. The molecule has 1 aromatic carbocycles. The highest BCUT2D eigenvalue weighted by molar-refractivity contribution is 6.11. The second kappa shape index (κ2) is 6.65. The Kier molecular flexibility index (Phi) is 4.58. The van der Waals surface area contributed by atoms with Gasteiger partial charge >= 0.3 is 5.97 Å². The average Bonchev–Trinajstić information content (AvgIpc) is 2.89. The zero-order valence-corrected chi connectivity index (χ0v) is 14.7. The number of esters is 1. The summed E-state index contributed by atoms with van der Waals surface area (Å²) in [5.41, 5.74) is 3.86. The van der Waals surface area contributed by atoms with E-state index in [1.54, 1.807) is 0 Å². The predicted molar refractivity (Wildman–Crippen MR) is 97.7 cm³/mol. The SMILES string of the molecule is CCOC(=O)c1c2ccc(CC(C)N(C)C)cc2n2ccccc12. The number of hydrogen-bond acceptors (Lipinski definition) is 3. The number of carbonyl (C=O) groups is 1. The fourth-order valence-electron chi connectivity index (χ4n) is 3.05. The van der Waals surface area contributed by atoms with Gasteiger partial charge in [-0.3, -0.25) is 0 Å². The Balaban J connectivity index is 2.16. The summed E-state index contributed by atoms with van der Waals surface area (Å²) >= 11 is 0. The first-order valence-corrected chi connectivity index (χ1v) is 8.38. The van der Waals surface area contributed by atoms with Crippen molar-refractivity contribution in [1.82, 2.24) is 9.30 Å². The van der Waals surface area contributed by atoms with Crippen LogP contribution >= 0.6 is 0 Å². The van der Waals surface area contributed by atoms with E-state index in [-0.39, 0.29) is 5.97 Å². The quantitative estimate of drug-likeness (QED) is 0.670. The number of hydrogen-bond donors (Lipinski definition) is 0. The van der Waals surface area contributed by atoms with Gasteiger partial charge in [-0.1, -0.05) is 18.2 Å². The van der Waals surface area contributed by atoms with Crippen molar-refractivity contribution in [2.45, 2.75) is 26.3 Å². The molecule has 3 aromatic rings. The molecule has 0 aliphatic rings. The highest BCUT2D eigenvalue weighted by atomic mass is 16.5. The van der Waals surface area contributed by atoms with Crippen LogP contribution in [0.3, 0.4) is 0 Å².